The largest absolute Gasteiger partial charge is 0.394 e. The summed E-state index contributed by atoms with van der Waals surface area (Å²) in [6.07, 6.45) is -5.81. The molecular weight excluding hydrogens is 180 g/mol. The zero-order valence-corrected chi connectivity index (χ0v) is 7.20. The third-order valence-electron chi connectivity index (χ3n) is 2.11. The fraction of sp³-hybridized carbons (Fsp3) is 1.00. The zero-order chi connectivity index (χ0) is 10.0. The van der Waals surface area contributed by atoms with E-state index >= 15 is 0 Å². The van der Waals surface area contributed by atoms with Gasteiger partial charge in [-0.3, -0.25) is 0 Å². The van der Waals surface area contributed by atoms with Gasteiger partial charge in [0.15, 0.2) is 6.29 Å². The molecule has 0 saturated carbocycles. The highest BCUT2D eigenvalue weighted by Crippen LogP contribution is 2.21. The molecule has 0 bridgehead atoms. The van der Waals surface area contributed by atoms with Gasteiger partial charge in [-0.15, -0.1) is 0 Å². The van der Waals surface area contributed by atoms with Gasteiger partial charge < -0.3 is 29.9 Å². The lowest BCUT2D eigenvalue weighted by atomic mass is 9.99. The molecule has 1 aliphatic rings. The van der Waals surface area contributed by atoms with E-state index in [0.717, 1.165) is 0 Å². The molecule has 0 aliphatic carbocycles. The van der Waals surface area contributed by atoms with Crippen LogP contribution >= 0.6 is 0 Å². The molecule has 1 saturated heterocycles. The number of aliphatic hydroxyl groups excluding tert-OH is 4. The number of methoxy groups -OCH3 is 1. The van der Waals surface area contributed by atoms with Crippen molar-refractivity contribution < 1.29 is 29.9 Å². The van der Waals surface area contributed by atoms with Crippen LogP contribution in [0.2, 0.25) is 0 Å². The molecule has 1 aliphatic heterocycles. The second-order valence-electron chi connectivity index (χ2n) is 2.93. The van der Waals surface area contributed by atoms with Crippen LogP contribution in [0.1, 0.15) is 0 Å². The molecule has 13 heavy (non-hydrogen) atoms. The normalized spacial score (nSPS) is 46.4. The van der Waals surface area contributed by atoms with Crippen molar-refractivity contribution in [3.05, 3.63) is 0 Å². The summed E-state index contributed by atoms with van der Waals surface area (Å²) in [6.45, 7) is -0.390. The van der Waals surface area contributed by atoms with Crippen molar-refractivity contribution >= 4 is 0 Å². The van der Waals surface area contributed by atoms with Gasteiger partial charge in [0, 0.05) is 7.11 Å². The standard InChI is InChI=1S/C7H14O6/c1-12-6-3(2-8)13-7(11)5(10)4(6)9/h3-11H,2H2,1H3/t3-,4?,5?,6+,7?/m0/s1. The number of hydrogen-bond acceptors (Lipinski definition) is 6. The predicted octanol–water partition coefficient (Wildman–Crippen LogP) is -2.57. The summed E-state index contributed by atoms with van der Waals surface area (Å²) in [4.78, 5) is 0. The van der Waals surface area contributed by atoms with Crippen LogP contribution < -0.4 is 0 Å². The first kappa shape index (κ1) is 10.8. The third-order valence-corrected chi connectivity index (χ3v) is 2.11. The van der Waals surface area contributed by atoms with Gasteiger partial charge in [-0.05, 0) is 0 Å². The first-order valence-electron chi connectivity index (χ1n) is 3.95. The Morgan fingerprint density at radius 2 is 1.85 bits per heavy atom. The Labute approximate surface area is 75.3 Å². The van der Waals surface area contributed by atoms with Crippen molar-refractivity contribution in [2.75, 3.05) is 13.7 Å². The van der Waals surface area contributed by atoms with E-state index in [-0.39, 0.29) is 6.61 Å². The van der Waals surface area contributed by atoms with Crippen LogP contribution in [0.3, 0.4) is 0 Å². The Hall–Kier alpha value is -0.240. The molecule has 6 nitrogen and oxygen atoms in total. The Kier molecular flexibility index (Phi) is 3.60. The van der Waals surface area contributed by atoms with Gasteiger partial charge in [0.1, 0.15) is 24.4 Å². The van der Waals surface area contributed by atoms with Crippen LogP contribution in [0, 0.1) is 0 Å². The second-order valence-corrected chi connectivity index (χ2v) is 2.93. The summed E-state index contributed by atoms with van der Waals surface area (Å²) < 4.78 is 9.61. The van der Waals surface area contributed by atoms with Crippen molar-refractivity contribution in [2.45, 2.75) is 30.7 Å². The molecule has 1 heterocycles. The minimum atomic E-state index is -1.49. The highest BCUT2D eigenvalue weighted by Gasteiger charge is 2.43. The summed E-state index contributed by atoms with van der Waals surface area (Å²) in [6, 6.07) is 0. The monoisotopic (exact) mass is 194 g/mol. The van der Waals surface area contributed by atoms with E-state index in [0.29, 0.717) is 0 Å². The summed E-state index contributed by atoms with van der Waals surface area (Å²) in [5.74, 6) is 0. The lowest BCUT2D eigenvalue weighted by Crippen LogP contribution is -2.59. The first-order valence-corrected chi connectivity index (χ1v) is 3.95. The maximum Gasteiger partial charge on any atom is 0.184 e. The number of aliphatic hydroxyl groups is 4. The Morgan fingerprint density at radius 3 is 2.31 bits per heavy atom. The lowest BCUT2D eigenvalue weighted by Gasteiger charge is -2.39. The molecule has 0 radical (unpaired) electrons. The van der Waals surface area contributed by atoms with E-state index in [1.807, 2.05) is 0 Å². The van der Waals surface area contributed by atoms with E-state index < -0.39 is 30.7 Å². The average molecular weight is 194 g/mol. The molecule has 78 valence electrons. The van der Waals surface area contributed by atoms with E-state index in [4.69, 9.17) is 19.7 Å². The number of rotatable bonds is 2. The minimum absolute atomic E-state index is 0.390. The van der Waals surface area contributed by atoms with Gasteiger partial charge in [0.05, 0.1) is 6.61 Å². The fourth-order valence-electron chi connectivity index (χ4n) is 1.36. The minimum Gasteiger partial charge on any atom is -0.394 e. The van der Waals surface area contributed by atoms with Gasteiger partial charge in [-0.2, -0.15) is 0 Å². The summed E-state index contributed by atoms with van der Waals surface area (Å²) in [5.41, 5.74) is 0. The maximum atomic E-state index is 9.38. The smallest absolute Gasteiger partial charge is 0.184 e. The van der Waals surface area contributed by atoms with Gasteiger partial charge >= 0.3 is 0 Å². The van der Waals surface area contributed by atoms with Crippen molar-refractivity contribution in [1.82, 2.24) is 0 Å². The van der Waals surface area contributed by atoms with E-state index in [1.165, 1.54) is 7.11 Å². The van der Waals surface area contributed by atoms with Crippen molar-refractivity contribution in [1.29, 1.82) is 0 Å². The van der Waals surface area contributed by atoms with Gasteiger partial charge in [-0.25, -0.2) is 0 Å². The molecule has 0 aromatic heterocycles. The van der Waals surface area contributed by atoms with E-state index in [1.54, 1.807) is 0 Å². The molecule has 5 atom stereocenters. The molecule has 4 N–H and O–H groups in total. The van der Waals surface area contributed by atoms with Crippen molar-refractivity contribution in [2.24, 2.45) is 0 Å². The Bertz CT molecular complexity index is 161. The fourth-order valence-corrected chi connectivity index (χ4v) is 1.36. The van der Waals surface area contributed by atoms with Gasteiger partial charge in [-0.1, -0.05) is 0 Å². The van der Waals surface area contributed by atoms with Crippen LogP contribution in [-0.2, 0) is 9.47 Å². The van der Waals surface area contributed by atoms with Crippen LogP contribution in [0.15, 0.2) is 0 Å². The summed E-state index contributed by atoms with van der Waals surface area (Å²) in [7, 11) is 1.32. The highest BCUT2D eigenvalue weighted by molar-refractivity contribution is 4.89. The topological polar surface area (TPSA) is 99.4 Å². The first-order chi connectivity index (χ1) is 6.11. The van der Waals surface area contributed by atoms with Crippen LogP contribution in [0.5, 0.6) is 0 Å². The van der Waals surface area contributed by atoms with E-state index in [9.17, 15) is 10.2 Å². The highest BCUT2D eigenvalue weighted by atomic mass is 16.6. The lowest BCUT2D eigenvalue weighted by molar-refractivity contribution is -0.290. The SMILES string of the molecule is CO[C@H]1C(O)C(O)C(O)O[C@H]1CO. The van der Waals surface area contributed by atoms with Crippen molar-refractivity contribution in [3.63, 3.8) is 0 Å². The second kappa shape index (κ2) is 4.32. The summed E-state index contributed by atoms with van der Waals surface area (Å²) >= 11 is 0. The molecule has 1 fully saturated rings. The Morgan fingerprint density at radius 1 is 1.23 bits per heavy atom. The molecule has 0 spiro atoms. The van der Waals surface area contributed by atoms with Crippen LogP contribution in [0.25, 0.3) is 0 Å². The average Bonchev–Trinajstić information content (AvgIpc) is 2.13. The maximum absolute atomic E-state index is 9.38. The molecule has 0 amide bonds. The van der Waals surface area contributed by atoms with Crippen LogP contribution in [0.4, 0.5) is 0 Å². The molecule has 1 rings (SSSR count). The van der Waals surface area contributed by atoms with Crippen molar-refractivity contribution in [3.8, 4) is 0 Å². The van der Waals surface area contributed by atoms with Gasteiger partial charge in [0.25, 0.3) is 0 Å². The molecular formula is C7H14O6. The quantitative estimate of drug-likeness (QED) is 0.386. The Balaban J connectivity index is 2.69. The predicted molar refractivity (Wildman–Crippen MR) is 40.8 cm³/mol. The zero-order valence-electron chi connectivity index (χ0n) is 7.20. The molecule has 0 aromatic carbocycles. The third kappa shape index (κ3) is 1.98. The molecule has 0 aromatic rings. The molecule has 6 heteroatoms. The summed E-state index contributed by atoms with van der Waals surface area (Å²) in [5, 5.41) is 36.4. The molecule has 3 unspecified atom stereocenters. The number of ether oxygens (including phenoxy) is 2. The van der Waals surface area contributed by atoms with Gasteiger partial charge in [0.2, 0.25) is 0 Å². The van der Waals surface area contributed by atoms with Crippen LogP contribution in [-0.4, -0.2) is 64.8 Å². The number of hydrogen-bond donors (Lipinski definition) is 4. The van der Waals surface area contributed by atoms with E-state index in [2.05, 4.69) is 0 Å².